The Bertz CT molecular complexity index is 967. The van der Waals surface area contributed by atoms with Crippen LogP contribution in [0.1, 0.15) is 34.3 Å². The molecular formula is C25H24N2O2. The largest absolute Gasteiger partial charge is 0.299 e. The molecule has 3 rings (SSSR count). The Morgan fingerprint density at radius 3 is 1.83 bits per heavy atom. The first kappa shape index (κ1) is 20.2. The van der Waals surface area contributed by atoms with Crippen LogP contribution in [0.25, 0.3) is 0 Å². The van der Waals surface area contributed by atoms with E-state index < -0.39 is 0 Å². The van der Waals surface area contributed by atoms with Crippen molar-refractivity contribution in [2.45, 2.75) is 19.4 Å². The predicted octanol–water partition coefficient (Wildman–Crippen LogP) is 4.75. The smallest absolute Gasteiger partial charge is 0.170 e. The van der Waals surface area contributed by atoms with Crippen molar-refractivity contribution >= 4 is 17.3 Å². The van der Waals surface area contributed by atoms with E-state index in [0.29, 0.717) is 17.8 Å². The number of hydrogen-bond acceptors (Lipinski definition) is 4. The predicted molar refractivity (Wildman–Crippen MR) is 116 cm³/mol. The van der Waals surface area contributed by atoms with E-state index in [1.165, 1.54) is 0 Å². The zero-order valence-electron chi connectivity index (χ0n) is 16.5. The highest BCUT2D eigenvalue weighted by Gasteiger charge is 2.16. The minimum absolute atomic E-state index is 0.113. The fraction of sp³-hybridized carbons (Fsp3) is 0.160. The van der Waals surface area contributed by atoms with Crippen molar-refractivity contribution in [2.75, 3.05) is 7.05 Å². The van der Waals surface area contributed by atoms with Crippen molar-refractivity contribution in [2.24, 2.45) is 5.10 Å². The van der Waals surface area contributed by atoms with Crippen LogP contribution in [-0.2, 0) is 11.3 Å². The van der Waals surface area contributed by atoms with Crippen LogP contribution >= 0.6 is 0 Å². The number of hydrazone groups is 1. The third-order valence-electron chi connectivity index (χ3n) is 4.47. The second-order valence-electron chi connectivity index (χ2n) is 6.90. The van der Waals surface area contributed by atoms with Crippen LogP contribution in [0.3, 0.4) is 0 Å². The van der Waals surface area contributed by atoms with Gasteiger partial charge in [-0.05, 0) is 11.1 Å². The van der Waals surface area contributed by atoms with Crippen LogP contribution < -0.4 is 0 Å². The summed E-state index contributed by atoms with van der Waals surface area (Å²) >= 11 is 0. The minimum atomic E-state index is -0.166. The van der Waals surface area contributed by atoms with Gasteiger partial charge in [-0.15, -0.1) is 0 Å². The molecule has 4 nitrogen and oxygen atoms in total. The molecule has 0 fully saturated rings. The van der Waals surface area contributed by atoms with Crippen molar-refractivity contribution in [3.8, 4) is 0 Å². The van der Waals surface area contributed by atoms with Crippen LogP contribution in [0, 0.1) is 0 Å². The maximum Gasteiger partial charge on any atom is 0.170 e. The van der Waals surface area contributed by atoms with Crippen LogP contribution in [0.2, 0.25) is 0 Å². The second kappa shape index (κ2) is 10.1. The molecule has 3 aromatic rings. The number of hydrogen-bond donors (Lipinski definition) is 0. The Balaban J connectivity index is 1.73. The number of carbonyl (C=O) groups is 2. The van der Waals surface area contributed by atoms with Crippen molar-refractivity contribution in [1.82, 2.24) is 5.01 Å². The van der Waals surface area contributed by atoms with Crippen LogP contribution in [0.4, 0.5) is 0 Å². The molecule has 29 heavy (non-hydrogen) atoms. The molecule has 0 saturated heterocycles. The van der Waals surface area contributed by atoms with Gasteiger partial charge in [-0.2, -0.15) is 5.10 Å². The molecule has 0 atom stereocenters. The molecule has 0 heterocycles. The van der Waals surface area contributed by atoms with Gasteiger partial charge in [-0.25, -0.2) is 0 Å². The molecule has 0 aliphatic rings. The van der Waals surface area contributed by atoms with Crippen LogP contribution in [-0.4, -0.2) is 29.3 Å². The van der Waals surface area contributed by atoms with Gasteiger partial charge in [0.1, 0.15) is 5.78 Å². The van der Waals surface area contributed by atoms with E-state index in [0.717, 1.165) is 11.1 Å². The van der Waals surface area contributed by atoms with E-state index in [2.05, 4.69) is 5.10 Å². The lowest BCUT2D eigenvalue weighted by Crippen LogP contribution is -2.19. The molecule has 0 spiro atoms. The number of ketones is 2. The highest BCUT2D eigenvalue weighted by atomic mass is 16.1. The van der Waals surface area contributed by atoms with Crippen molar-refractivity contribution in [3.63, 3.8) is 0 Å². The van der Waals surface area contributed by atoms with Gasteiger partial charge in [0.2, 0.25) is 0 Å². The summed E-state index contributed by atoms with van der Waals surface area (Å²) in [7, 11) is 1.88. The van der Waals surface area contributed by atoms with E-state index in [9.17, 15) is 9.59 Å². The van der Waals surface area contributed by atoms with E-state index in [1.54, 1.807) is 24.3 Å². The fourth-order valence-corrected chi connectivity index (χ4v) is 3.07. The van der Waals surface area contributed by atoms with Crippen molar-refractivity contribution in [3.05, 3.63) is 108 Å². The van der Waals surface area contributed by atoms with E-state index >= 15 is 0 Å². The fourth-order valence-electron chi connectivity index (χ4n) is 3.07. The Morgan fingerprint density at radius 1 is 0.724 bits per heavy atom. The third kappa shape index (κ3) is 6.25. The van der Waals surface area contributed by atoms with Crippen LogP contribution in [0.5, 0.6) is 0 Å². The molecule has 0 aromatic heterocycles. The lowest BCUT2D eigenvalue weighted by atomic mass is 10.00. The Labute approximate surface area is 171 Å². The molecule has 4 heteroatoms. The highest BCUT2D eigenvalue weighted by molar-refractivity contribution is 6.16. The molecule has 0 bridgehead atoms. The number of rotatable bonds is 9. The SMILES string of the molecule is CN(Cc1ccccc1)/N=C(\CC(=O)CC(=O)c1ccccc1)c1ccccc1. The van der Waals surface area contributed by atoms with Gasteiger partial charge in [0.25, 0.3) is 0 Å². The Morgan fingerprint density at radius 2 is 1.24 bits per heavy atom. The second-order valence-corrected chi connectivity index (χ2v) is 6.90. The summed E-state index contributed by atoms with van der Waals surface area (Å²) in [6, 6.07) is 28.6. The summed E-state index contributed by atoms with van der Waals surface area (Å²) in [5, 5.41) is 6.50. The van der Waals surface area contributed by atoms with Crippen LogP contribution in [0.15, 0.2) is 96.1 Å². The standard InChI is InChI=1S/C25H24N2O2/c1-27(19-20-11-5-2-6-12-20)26-24(21-13-7-3-8-14-21)17-23(28)18-25(29)22-15-9-4-10-16-22/h2-16H,17-19H2,1H3/b26-24+. The van der Waals surface area contributed by atoms with Gasteiger partial charge < -0.3 is 0 Å². The summed E-state index contributed by atoms with van der Waals surface area (Å²) in [5.74, 6) is -0.310. The van der Waals surface area contributed by atoms with Crippen molar-refractivity contribution in [1.29, 1.82) is 0 Å². The maximum atomic E-state index is 12.6. The lowest BCUT2D eigenvalue weighted by Gasteiger charge is -2.16. The Kier molecular flexibility index (Phi) is 7.06. The molecule has 0 aliphatic heterocycles. The molecular weight excluding hydrogens is 360 g/mol. The first-order valence-electron chi connectivity index (χ1n) is 9.60. The summed E-state index contributed by atoms with van der Waals surface area (Å²) < 4.78 is 0. The van der Waals surface area contributed by atoms with Gasteiger partial charge in [-0.3, -0.25) is 14.6 Å². The molecule has 0 amide bonds. The molecule has 146 valence electrons. The Hall–Kier alpha value is -3.53. The molecule has 0 N–H and O–H groups in total. The molecule has 0 aliphatic carbocycles. The van der Waals surface area contributed by atoms with E-state index in [1.807, 2.05) is 78.8 Å². The van der Waals surface area contributed by atoms with E-state index in [4.69, 9.17) is 0 Å². The normalized spacial score (nSPS) is 11.1. The van der Waals surface area contributed by atoms with Gasteiger partial charge in [0.05, 0.1) is 25.1 Å². The van der Waals surface area contributed by atoms with Gasteiger partial charge in [0, 0.05) is 12.6 Å². The highest BCUT2D eigenvalue weighted by Crippen LogP contribution is 2.11. The lowest BCUT2D eigenvalue weighted by molar-refractivity contribution is -0.117. The van der Waals surface area contributed by atoms with Gasteiger partial charge in [0.15, 0.2) is 5.78 Å². The number of nitrogens with zero attached hydrogens (tertiary/aromatic N) is 2. The molecule has 0 radical (unpaired) electrons. The maximum absolute atomic E-state index is 12.6. The number of Topliss-reactive ketones (excluding diaryl/α,β-unsaturated/α-hetero) is 2. The number of benzene rings is 3. The third-order valence-corrected chi connectivity index (χ3v) is 4.47. The summed E-state index contributed by atoms with van der Waals surface area (Å²) in [4.78, 5) is 25.0. The molecule has 3 aromatic carbocycles. The average Bonchev–Trinajstić information content (AvgIpc) is 2.75. The summed E-state index contributed by atoms with van der Waals surface area (Å²) in [6.45, 7) is 0.633. The zero-order chi connectivity index (χ0) is 20.5. The minimum Gasteiger partial charge on any atom is -0.299 e. The van der Waals surface area contributed by atoms with Gasteiger partial charge in [-0.1, -0.05) is 91.0 Å². The molecule has 0 unspecified atom stereocenters. The zero-order valence-corrected chi connectivity index (χ0v) is 16.5. The quantitative estimate of drug-likeness (QED) is 0.231. The number of carbonyl (C=O) groups excluding carboxylic acids is 2. The van der Waals surface area contributed by atoms with Crippen molar-refractivity contribution < 1.29 is 9.59 Å². The summed E-state index contributed by atoms with van der Waals surface area (Å²) in [5.41, 5.74) is 3.24. The molecule has 0 saturated carbocycles. The first-order valence-corrected chi connectivity index (χ1v) is 9.60. The summed E-state index contributed by atoms with van der Waals surface area (Å²) in [6.07, 6.45) is -0.0139. The monoisotopic (exact) mass is 384 g/mol. The average molecular weight is 384 g/mol. The topological polar surface area (TPSA) is 49.7 Å². The van der Waals surface area contributed by atoms with E-state index in [-0.39, 0.29) is 24.4 Å². The first-order chi connectivity index (χ1) is 14.1. The van der Waals surface area contributed by atoms with Gasteiger partial charge >= 0.3 is 0 Å².